The Morgan fingerprint density at radius 2 is 1.74 bits per heavy atom. The van der Waals surface area contributed by atoms with Crippen molar-refractivity contribution >= 4 is 5.97 Å². The molecule has 0 spiro atoms. The van der Waals surface area contributed by atoms with Crippen molar-refractivity contribution in [3.05, 3.63) is 72.1 Å². The normalized spacial score (nSPS) is 12.1. The molecule has 0 fully saturated rings. The van der Waals surface area contributed by atoms with Gasteiger partial charge in [-0.2, -0.15) is 4.68 Å². The number of carbonyl (C=O) groups excluding carboxylic acids is 1. The molecule has 0 radical (unpaired) electrons. The Hall–Kier alpha value is -3.06. The summed E-state index contributed by atoms with van der Waals surface area (Å²) in [6.45, 7) is 3.61. The molecule has 0 aliphatic heterocycles. The molecule has 2 aromatic carbocycles. The lowest BCUT2D eigenvalue weighted by molar-refractivity contribution is -0.145. The number of esters is 1. The summed E-state index contributed by atoms with van der Waals surface area (Å²) in [6, 6.07) is 19.9. The minimum absolute atomic E-state index is 0.226. The third kappa shape index (κ3) is 4.98. The molecule has 0 saturated carbocycles. The quantitative estimate of drug-likeness (QED) is 0.571. The number of rotatable bonds is 8. The molecular weight excluding hydrogens is 342 g/mol. The lowest BCUT2D eigenvalue weighted by atomic mass is 10.1. The fraction of sp³-hybridized carbons (Fsp3) is 0.300. The van der Waals surface area contributed by atoms with Crippen molar-refractivity contribution in [3.63, 3.8) is 0 Å². The van der Waals surface area contributed by atoms with E-state index in [-0.39, 0.29) is 11.9 Å². The summed E-state index contributed by atoms with van der Waals surface area (Å²) in [4.78, 5) is 14.1. The predicted molar refractivity (Wildman–Crippen MR) is 101 cm³/mol. The molecule has 0 amide bonds. The molecule has 0 saturated heterocycles. The van der Waals surface area contributed by atoms with Crippen molar-refractivity contribution in [2.45, 2.75) is 20.0 Å². The molecule has 1 atom stereocenters. The van der Waals surface area contributed by atoms with Gasteiger partial charge in [0, 0.05) is 13.1 Å². The third-order valence-electron chi connectivity index (χ3n) is 4.28. The highest BCUT2D eigenvalue weighted by atomic mass is 16.5. The van der Waals surface area contributed by atoms with Gasteiger partial charge < -0.3 is 4.74 Å². The van der Waals surface area contributed by atoms with Gasteiger partial charge in [-0.1, -0.05) is 55.5 Å². The Labute approximate surface area is 158 Å². The molecule has 1 aromatic heterocycles. The summed E-state index contributed by atoms with van der Waals surface area (Å²) in [5.74, 6) is 0.240. The molecule has 0 aliphatic rings. The number of methoxy groups -OCH3 is 1. The van der Waals surface area contributed by atoms with Crippen LogP contribution in [-0.2, 0) is 22.6 Å². The maximum atomic E-state index is 11.9. The monoisotopic (exact) mass is 365 g/mol. The van der Waals surface area contributed by atoms with E-state index in [9.17, 15) is 4.79 Å². The zero-order chi connectivity index (χ0) is 19.1. The van der Waals surface area contributed by atoms with E-state index in [1.807, 2.05) is 55.5 Å². The second-order valence-electron chi connectivity index (χ2n) is 6.42. The van der Waals surface area contributed by atoms with Crippen LogP contribution in [0.25, 0.3) is 5.69 Å². The zero-order valence-corrected chi connectivity index (χ0v) is 15.5. The van der Waals surface area contributed by atoms with E-state index in [1.54, 1.807) is 4.68 Å². The highest BCUT2D eigenvalue weighted by Crippen LogP contribution is 2.14. The van der Waals surface area contributed by atoms with E-state index in [4.69, 9.17) is 4.74 Å². The smallest absolute Gasteiger partial charge is 0.309 e. The SMILES string of the molecule is COC(=O)C(C)CN(Cc1ccccc1)Cc1nnnn1-c1ccccc1. The van der Waals surface area contributed by atoms with E-state index < -0.39 is 0 Å². The Morgan fingerprint density at radius 1 is 1.07 bits per heavy atom. The lowest BCUT2D eigenvalue weighted by Crippen LogP contribution is -2.32. The van der Waals surface area contributed by atoms with Gasteiger partial charge in [0.05, 0.1) is 25.3 Å². The number of hydrogen-bond acceptors (Lipinski definition) is 6. The highest BCUT2D eigenvalue weighted by Gasteiger charge is 2.20. The zero-order valence-electron chi connectivity index (χ0n) is 15.5. The van der Waals surface area contributed by atoms with Crippen molar-refractivity contribution in [2.24, 2.45) is 5.92 Å². The van der Waals surface area contributed by atoms with Crippen LogP contribution >= 0.6 is 0 Å². The molecule has 1 unspecified atom stereocenters. The van der Waals surface area contributed by atoms with Gasteiger partial charge >= 0.3 is 5.97 Å². The first-order valence-electron chi connectivity index (χ1n) is 8.84. The number of nitrogens with zero attached hydrogens (tertiary/aromatic N) is 5. The third-order valence-corrected chi connectivity index (χ3v) is 4.28. The molecule has 140 valence electrons. The maximum absolute atomic E-state index is 11.9. The molecule has 1 heterocycles. The number of para-hydroxylation sites is 1. The first kappa shape index (κ1) is 18.7. The van der Waals surface area contributed by atoms with Gasteiger partial charge in [-0.25, -0.2) is 0 Å². The molecule has 7 heteroatoms. The van der Waals surface area contributed by atoms with Crippen molar-refractivity contribution in [1.29, 1.82) is 0 Å². The maximum Gasteiger partial charge on any atom is 0.309 e. The van der Waals surface area contributed by atoms with Gasteiger partial charge in [-0.05, 0) is 28.1 Å². The van der Waals surface area contributed by atoms with E-state index in [2.05, 4.69) is 32.6 Å². The van der Waals surface area contributed by atoms with Crippen molar-refractivity contribution in [1.82, 2.24) is 25.1 Å². The molecule has 3 aromatic rings. The standard InChI is InChI=1S/C20H23N5O2/c1-16(20(26)27-2)13-24(14-17-9-5-3-6-10-17)15-19-21-22-23-25(19)18-11-7-4-8-12-18/h3-12,16H,13-15H2,1-2H3. The fourth-order valence-electron chi connectivity index (χ4n) is 2.96. The number of tetrazole rings is 1. The number of ether oxygens (including phenoxy) is 1. The summed E-state index contributed by atoms with van der Waals surface area (Å²) in [5, 5.41) is 12.1. The number of benzene rings is 2. The topological polar surface area (TPSA) is 73.1 Å². The van der Waals surface area contributed by atoms with Crippen LogP contribution < -0.4 is 0 Å². The largest absolute Gasteiger partial charge is 0.469 e. The van der Waals surface area contributed by atoms with E-state index in [0.717, 1.165) is 11.3 Å². The van der Waals surface area contributed by atoms with Crippen molar-refractivity contribution < 1.29 is 9.53 Å². The predicted octanol–water partition coefficient (Wildman–Crippen LogP) is 2.47. The summed E-state index contributed by atoms with van der Waals surface area (Å²) in [7, 11) is 1.41. The number of carbonyl (C=O) groups is 1. The molecule has 0 N–H and O–H groups in total. The minimum Gasteiger partial charge on any atom is -0.469 e. The van der Waals surface area contributed by atoms with Crippen LogP contribution in [-0.4, -0.2) is 44.7 Å². The van der Waals surface area contributed by atoms with Gasteiger partial charge in [0.25, 0.3) is 0 Å². The Balaban J connectivity index is 1.81. The fourth-order valence-corrected chi connectivity index (χ4v) is 2.96. The Bertz CT molecular complexity index is 851. The van der Waals surface area contributed by atoms with Gasteiger partial charge in [0.15, 0.2) is 5.82 Å². The summed E-state index contributed by atoms with van der Waals surface area (Å²) >= 11 is 0. The minimum atomic E-state index is -0.250. The van der Waals surface area contributed by atoms with Crippen molar-refractivity contribution in [2.75, 3.05) is 13.7 Å². The van der Waals surface area contributed by atoms with Crippen LogP contribution in [0.15, 0.2) is 60.7 Å². The summed E-state index contributed by atoms with van der Waals surface area (Å²) < 4.78 is 6.60. The van der Waals surface area contributed by atoms with Crippen LogP contribution in [0.4, 0.5) is 0 Å². The summed E-state index contributed by atoms with van der Waals surface area (Å²) in [6.07, 6.45) is 0. The van der Waals surface area contributed by atoms with E-state index in [1.165, 1.54) is 7.11 Å². The first-order valence-corrected chi connectivity index (χ1v) is 8.84. The average molecular weight is 365 g/mol. The molecule has 27 heavy (non-hydrogen) atoms. The van der Waals surface area contributed by atoms with Crippen LogP contribution in [0.2, 0.25) is 0 Å². The highest BCUT2D eigenvalue weighted by molar-refractivity contribution is 5.72. The Morgan fingerprint density at radius 3 is 2.41 bits per heavy atom. The van der Waals surface area contributed by atoms with Gasteiger partial charge in [-0.15, -0.1) is 5.10 Å². The molecule has 3 rings (SSSR count). The Kier molecular flexibility index (Phi) is 6.27. The first-order chi connectivity index (χ1) is 13.2. The lowest BCUT2D eigenvalue weighted by Gasteiger charge is -2.24. The van der Waals surface area contributed by atoms with Crippen molar-refractivity contribution in [3.8, 4) is 5.69 Å². The number of hydrogen-bond donors (Lipinski definition) is 0. The average Bonchev–Trinajstić information content (AvgIpc) is 3.16. The number of aromatic nitrogens is 4. The second kappa shape index (κ2) is 9.05. The van der Waals surface area contributed by atoms with Crippen LogP contribution in [0, 0.1) is 5.92 Å². The van der Waals surface area contributed by atoms with E-state index >= 15 is 0 Å². The van der Waals surface area contributed by atoms with Crippen LogP contribution in [0.1, 0.15) is 18.3 Å². The van der Waals surface area contributed by atoms with Crippen LogP contribution in [0.3, 0.4) is 0 Å². The van der Waals surface area contributed by atoms with Gasteiger partial charge in [-0.3, -0.25) is 9.69 Å². The molecular formula is C20H23N5O2. The van der Waals surface area contributed by atoms with Gasteiger partial charge in [0.1, 0.15) is 0 Å². The van der Waals surface area contributed by atoms with Crippen LogP contribution in [0.5, 0.6) is 0 Å². The molecule has 7 nitrogen and oxygen atoms in total. The summed E-state index contributed by atoms with van der Waals surface area (Å²) in [5.41, 5.74) is 2.06. The molecule has 0 aliphatic carbocycles. The van der Waals surface area contributed by atoms with Gasteiger partial charge in [0.2, 0.25) is 0 Å². The molecule has 0 bridgehead atoms. The van der Waals surface area contributed by atoms with E-state index in [0.29, 0.717) is 25.5 Å². The second-order valence-corrected chi connectivity index (χ2v) is 6.42.